The minimum absolute atomic E-state index is 0.352. The van der Waals surface area contributed by atoms with E-state index in [4.69, 9.17) is 0 Å². The Morgan fingerprint density at radius 3 is 2.33 bits per heavy atom. The molecule has 0 aromatic heterocycles. The fraction of sp³-hybridized carbons (Fsp3) is 0.286. The van der Waals surface area contributed by atoms with Gasteiger partial charge in [0.1, 0.15) is 0 Å². The maximum Gasteiger partial charge on any atom is 0.199 e. The van der Waals surface area contributed by atoms with E-state index in [1.165, 1.54) is 5.41 Å². The van der Waals surface area contributed by atoms with Gasteiger partial charge in [0.2, 0.25) is 0 Å². The van der Waals surface area contributed by atoms with E-state index in [0.717, 1.165) is 29.3 Å². The molecule has 0 aliphatic rings. The zero-order valence-corrected chi connectivity index (χ0v) is 13.2. The van der Waals surface area contributed by atoms with Crippen molar-refractivity contribution in [1.29, 1.82) is 0 Å². The van der Waals surface area contributed by atoms with E-state index in [-0.39, 0.29) is 0 Å². The Kier molecular flexibility index (Phi) is 6.63. The highest BCUT2D eigenvalue weighted by Gasteiger charge is 2.08. The monoisotopic (exact) mass is 376 g/mol. The van der Waals surface area contributed by atoms with Crippen LogP contribution in [0.5, 0.6) is 0 Å². The minimum Gasteiger partial charge on any atom is -0.219 e. The van der Waals surface area contributed by atoms with Gasteiger partial charge in [0, 0.05) is 8.98 Å². The number of unbranched alkanes of at least 4 members (excludes halogenated alkanes) is 3. The highest BCUT2D eigenvalue weighted by Crippen LogP contribution is 2.15. The number of hydrogen-bond donors (Lipinski definition) is 0. The van der Waals surface area contributed by atoms with Crippen molar-refractivity contribution in [1.82, 2.24) is 0 Å². The standard InChI is InChI=1S/C14H17IO2S/c1-2-3-4-5-6-7-12-18(16,17)14-10-8-13(15)9-11-14/h2,7-12H,1,3-6H2. The SMILES string of the molecule is C=CCCCCC=CS(=O)(=O)c1ccc(I)cc1. The molecule has 0 unspecified atom stereocenters. The molecule has 1 rings (SSSR count). The Balaban J connectivity index is 2.56. The molecule has 0 fully saturated rings. The number of benzene rings is 1. The predicted octanol–water partition coefficient (Wildman–Crippen LogP) is 4.33. The normalized spacial score (nSPS) is 11.8. The largest absolute Gasteiger partial charge is 0.219 e. The van der Waals surface area contributed by atoms with Crippen LogP contribution in [0.25, 0.3) is 0 Å². The molecule has 0 heterocycles. The molecule has 1 aromatic rings. The van der Waals surface area contributed by atoms with Crippen molar-refractivity contribution in [3.05, 3.63) is 52.0 Å². The Morgan fingerprint density at radius 2 is 1.72 bits per heavy atom. The average molecular weight is 376 g/mol. The predicted molar refractivity (Wildman–Crippen MR) is 84.1 cm³/mol. The van der Waals surface area contributed by atoms with Crippen LogP contribution < -0.4 is 0 Å². The van der Waals surface area contributed by atoms with Crippen LogP contribution in [-0.4, -0.2) is 8.42 Å². The summed E-state index contributed by atoms with van der Waals surface area (Å²) in [4.78, 5) is 0.352. The van der Waals surface area contributed by atoms with Gasteiger partial charge in [-0.3, -0.25) is 0 Å². The van der Waals surface area contributed by atoms with Gasteiger partial charge < -0.3 is 0 Å². The van der Waals surface area contributed by atoms with E-state index in [1.807, 2.05) is 6.08 Å². The summed E-state index contributed by atoms with van der Waals surface area (Å²) in [7, 11) is -3.27. The summed E-state index contributed by atoms with van der Waals surface area (Å²) >= 11 is 2.15. The van der Waals surface area contributed by atoms with E-state index in [9.17, 15) is 8.42 Å². The van der Waals surface area contributed by atoms with Gasteiger partial charge in [-0.05, 0) is 72.5 Å². The first-order valence-corrected chi connectivity index (χ1v) is 8.47. The molecule has 0 atom stereocenters. The van der Waals surface area contributed by atoms with Crippen molar-refractivity contribution in [3.63, 3.8) is 0 Å². The van der Waals surface area contributed by atoms with E-state index in [1.54, 1.807) is 30.3 Å². The highest BCUT2D eigenvalue weighted by atomic mass is 127. The Labute approximate surface area is 123 Å². The quantitative estimate of drug-likeness (QED) is 0.403. The fourth-order valence-electron chi connectivity index (χ4n) is 1.45. The third-order valence-electron chi connectivity index (χ3n) is 2.45. The van der Waals surface area contributed by atoms with Crippen LogP contribution in [0.3, 0.4) is 0 Å². The van der Waals surface area contributed by atoms with E-state index < -0.39 is 9.84 Å². The molecular weight excluding hydrogens is 359 g/mol. The van der Waals surface area contributed by atoms with E-state index in [2.05, 4.69) is 29.2 Å². The van der Waals surface area contributed by atoms with Crippen molar-refractivity contribution in [3.8, 4) is 0 Å². The van der Waals surface area contributed by atoms with Crippen LogP contribution in [-0.2, 0) is 9.84 Å². The van der Waals surface area contributed by atoms with Gasteiger partial charge in [-0.25, -0.2) is 8.42 Å². The number of allylic oxidation sites excluding steroid dienone is 2. The first-order valence-electron chi connectivity index (χ1n) is 5.84. The number of halogens is 1. The third-order valence-corrected chi connectivity index (χ3v) is 4.65. The van der Waals surface area contributed by atoms with Crippen LogP contribution >= 0.6 is 22.6 Å². The topological polar surface area (TPSA) is 34.1 Å². The van der Waals surface area contributed by atoms with Crippen LogP contribution in [0.15, 0.2) is 53.3 Å². The van der Waals surface area contributed by atoms with Crippen LogP contribution in [0.2, 0.25) is 0 Å². The van der Waals surface area contributed by atoms with Crippen molar-refractivity contribution in [2.75, 3.05) is 0 Å². The molecule has 18 heavy (non-hydrogen) atoms. The summed E-state index contributed by atoms with van der Waals surface area (Å²) in [5.74, 6) is 0. The van der Waals surface area contributed by atoms with Crippen molar-refractivity contribution in [2.24, 2.45) is 0 Å². The maximum atomic E-state index is 11.9. The lowest BCUT2D eigenvalue weighted by Crippen LogP contribution is -1.95. The first-order chi connectivity index (χ1) is 8.56. The Bertz CT molecular complexity index is 501. The van der Waals surface area contributed by atoms with Crippen molar-refractivity contribution < 1.29 is 8.42 Å². The molecule has 0 bridgehead atoms. The summed E-state index contributed by atoms with van der Waals surface area (Å²) < 4.78 is 24.9. The van der Waals surface area contributed by atoms with E-state index >= 15 is 0 Å². The highest BCUT2D eigenvalue weighted by molar-refractivity contribution is 14.1. The summed E-state index contributed by atoms with van der Waals surface area (Å²) in [5.41, 5.74) is 0. The smallest absolute Gasteiger partial charge is 0.199 e. The number of rotatable bonds is 7. The minimum atomic E-state index is -3.27. The van der Waals surface area contributed by atoms with Crippen molar-refractivity contribution >= 4 is 32.4 Å². The zero-order valence-electron chi connectivity index (χ0n) is 10.2. The fourth-order valence-corrected chi connectivity index (χ4v) is 2.87. The Morgan fingerprint density at radius 1 is 1.11 bits per heavy atom. The number of hydrogen-bond acceptors (Lipinski definition) is 2. The summed E-state index contributed by atoms with van der Waals surface area (Å²) in [6.45, 7) is 3.65. The first kappa shape index (κ1) is 15.4. The molecule has 0 saturated heterocycles. The molecule has 0 radical (unpaired) electrons. The lowest BCUT2D eigenvalue weighted by atomic mass is 10.2. The van der Waals surface area contributed by atoms with Crippen LogP contribution in [0.4, 0.5) is 0 Å². The molecule has 98 valence electrons. The summed E-state index contributed by atoms with van der Waals surface area (Å²) in [6, 6.07) is 6.87. The molecule has 2 nitrogen and oxygen atoms in total. The lowest BCUT2D eigenvalue weighted by Gasteiger charge is -1.99. The van der Waals surface area contributed by atoms with Gasteiger partial charge in [-0.2, -0.15) is 0 Å². The zero-order chi connectivity index (χ0) is 13.4. The molecule has 0 saturated carbocycles. The Hall–Kier alpha value is -0.620. The second-order valence-corrected chi connectivity index (χ2v) is 7.02. The van der Waals surface area contributed by atoms with Crippen molar-refractivity contribution in [2.45, 2.75) is 30.6 Å². The van der Waals surface area contributed by atoms with Gasteiger partial charge in [0.05, 0.1) is 4.90 Å². The van der Waals surface area contributed by atoms with Crippen LogP contribution in [0.1, 0.15) is 25.7 Å². The molecular formula is C14H17IO2S. The summed E-state index contributed by atoms with van der Waals surface area (Å²) in [5, 5.41) is 1.31. The number of sulfone groups is 1. The van der Waals surface area contributed by atoms with Gasteiger partial charge >= 0.3 is 0 Å². The third kappa shape index (κ3) is 5.35. The molecule has 0 aliphatic carbocycles. The van der Waals surface area contributed by atoms with Gasteiger partial charge in [-0.1, -0.05) is 12.2 Å². The molecule has 4 heteroatoms. The lowest BCUT2D eigenvalue weighted by molar-refractivity contribution is 0.604. The molecule has 1 aromatic carbocycles. The molecule has 0 aliphatic heterocycles. The van der Waals surface area contributed by atoms with Gasteiger partial charge in [0.15, 0.2) is 9.84 Å². The van der Waals surface area contributed by atoms with Crippen LogP contribution in [0, 0.1) is 3.57 Å². The average Bonchev–Trinajstić information content (AvgIpc) is 2.34. The van der Waals surface area contributed by atoms with Gasteiger partial charge in [-0.15, -0.1) is 6.58 Å². The summed E-state index contributed by atoms with van der Waals surface area (Å²) in [6.07, 6.45) is 7.43. The molecule has 0 N–H and O–H groups in total. The molecule has 0 spiro atoms. The van der Waals surface area contributed by atoms with E-state index in [0.29, 0.717) is 4.90 Å². The second kappa shape index (κ2) is 7.74. The maximum absolute atomic E-state index is 11.9. The van der Waals surface area contributed by atoms with Gasteiger partial charge in [0.25, 0.3) is 0 Å². The second-order valence-electron chi connectivity index (χ2n) is 3.94. The molecule has 0 amide bonds.